The molecule has 0 unspecified atom stereocenters. The van der Waals surface area contributed by atoms with Gasteiger partial charge >= 0.3 is 0 Å². The minimum Gasteiger partial charge on any atom is -0.508 e. The first-order valence-electron chi connectivity index (χ1n) is 17.8. The fourth-order valence-electron chi connectivity index (χ4n) is 7.79. The maximum absolute atomic E-state index is 11.0. The van der Waals surface area contributed by atoms with Gasteiger partial charge in [0.05, 0.1) is 11.0 Å². The second-order valence-corrected chi connectivity index (χ2v) is 14.8. The average Bonchev–Trinajstić information content (AvgIpc) is 3.62. The highest BCUT2D eigenvalue weighted by Gasteiger charge is 2.36. The van der Waals surface area contributed by atoms with Crippen LogP contribution >= 0.6 is 0 Å². The van der Waals surface area contributed by atoms with Gasteiger partial charge < -0.3 is 24.7 Å². The van der Waals surface area contributed by atoms with Crippen LogP contribution < -0.4 is 19.6 Å². The Morgan fingerprint density at radius 3 is 1.60 bits per heavy atom. The molecule has 53 heavy (non-hydrogen) atoms. The number of hydrogen-bond donors (Lipinski definition) is 1. The number of fused-ring (bicyclic) bond motifs is 6. The van der Waals surface area contributed by atoms with E-state index >= 15 is 0 Å². The molecule has 5 aromatic rings. The van der Waals surface area contributed by atoms with Crippen molar-refractivity contribution in [3.63, 3.8) is 0 Å². The van der Waals surface area contributed by atoms with Gasteiger partial charge in [-0.1, -0.05) is 12.1 Å². The first-order chi connectivity index (χ1) is 25.4. The van der Waals surface area contributed by atoms with Crippen molar-refractivity contribution in [3.8, 4) is 11.1 Å². The number of aliphatic hydroxyl groups is 1. The zero-order valence-electron chi connectivity index (χ0n) is 31.3. The lowest BCUT2D eigenvalue weighted by Crippen LogP contribution is -2.42. The first kappa shape index (κ1) is 32.5. The second-order valence-electron chi connectivity index (χ2n) is 14.8. The van der Waals surface area contributed by atoms with Crippen molar-refractivity contribution in [2.24, 2.45) is 20.0 Å². The molecule has 1 aliphatic carbocycles. The number of aliphatic hydroxyl groups excluding tert-OH is 1. The van der Waals surface area contributed by atoms with Gasteiger partial charge in [-0.15, -0.1) is 0 Å². The SMILES string of the molecule is CN(C)c1ccc2c(c1)-c1cc(N(C)C)ccc1C2CC1=NC2=NC(n3c4ccc(N(C)C)cc4c4cc(N(C)C)ccc43)=NC3=CC(O)=CC(=N1)N32. The number of aromatic nitrogens is 1. The molecule has 3 aliphatic heterocycles. The Bertz CT molecular complexity index is 2460. The monoisotopic (exact) mass is 702 g/mol. The van der Waals surface area contributed by atoms with Crippen LogP contribution in [0.25, 0.3) is 32.9 Å². The van der Waals surface area contributed by atoms with Crippen LogP contribution in [-0.2, 0) is 0 Å². The molecule has 0 bridgehead atoms. The number of allylic oxidation sites excluding steroid dienone is 1. The van der Waals surface area contributed by atoms with E-state index in [1.165, 1.54) is 22.3 Å². The fourth-order valence-corrected chi connectivity index (χ4v) is 7.79. The van der Waals surface area contributed by atoms with Gasteiger partial charge in [0.2, 0.25) is 11.9 Å². The third kappa shape index (κ3) is 5.17. The quantitative estimate of drug-likeness (QED) is 0.201. The molecule has 0 saturated heterocycles. The largest absolute Gasteiger partial charge is 0.508 e. The molecular weight excluding hydrogens is 661 g/mol. The summed E-state index contributed by atoms with van der Waals surface area (Å²) in [5.41, 5.74) is 11.5. The van der Waals surface area contributed by atoms with E-state index in [0.29, 0.717) is 35.8 Å². The van der Waals surface area contributed by atoms with Crippen LogP contribution in [0.5, 0.6) is 0 Å². The highest BCUT2D eigenvalue weighted by Crippen LogP contribution is 2.49. The molecule has 266 valence electrons. The van der Waals surface area contributed by atoms with Crippen LogP contribution in [0.2, 0.25) is 0 Å². The summed E-state index contributed by atoms with van der Waals surface area (Å²) >= 11 is 0. The highest BCUT2D eigenvalue weighted by molar-refractivity contribution is 6.23. The average molecular weight is 703 g/mol. The predicted molar refractivity (Wildman–Crippen MR) is 221 cm³/mol. The number of hydrogen-bond acceptors (Lipinski definition) is 10. The molecule has 0 spiro atoms. The van der Waals surface area contributed by atoms with Crippen LogP contribution in [0, 0.1) is 0 Å². The number of benzene rings is 4. The standard InChI is InChI=1S/C42H42N10O/c1-47(2)24-9-13-29-31(17-24)32-18-25(48(3)4)10-14-30(32)33(29)23-38-43-39-21-28(53)22-40-45-42(46-41(44-38)52(39)40)51-36-15-11-26(49(5)6)19-34(36)35-20-27(50(7)8)12-16-37(35)51/h9-22,33,53H,23H2,1-8H3. The molecule has 0 amide bonds. The Labute approximate surface area is 309 Å². The van der Waals surface area contributed by atoms with Crippen molar-refractivity contribution >= 4 is 68.1 Å². The normalized spacial score (nSPS) is 15.9. The van der Waals surface area contributed by atoms with E-state index in [-0.39, 0.29) is 11.7 Å². The lowest BCUT2D eigenvalue weighted by Gasteiger charge is -2.32. The molecular formula is C42H42N10O. The molecule has 0 atom stereocenters. The van der Waals surface area contributed by atoms with Gasteiger partial charge in [-0.2, -0.15) is 15.0 Å². The first-order valence-corrected chi connectivity index (χ1v) is 17.8. The summed E-state index contributed by atoms with van der Waals surface area (Å²) in [5, 5.41) is 13.2. The molecule has 9 rings (SSSR count). The van der Waals surface area contributed by atoms with Gasteiger partial charge in [0, 0.05) is 114 Å². The number of nitrogens with zero attached hydrogens (tertiary/aromatic N) is 10. The summed E-state index contributed by atoms with van der Waals surface area (Å²) in [6.07, 6.45) is 3.86. The third-order valence-corrected chi connectivity index (χ3v) is 10.6. The van der Waals surface area contributed by atoms with Gasteiger partial charge in [0.1, 0.15) is 23.3 Å². The second kappa shape index (κ2) is 11.8. The van der Waals surface area contributed by atoms with Crippen LogP contribution in [0.4, 0.5) is 22.7 Å². The van der Waals surface area contributed by atoms with Gasteiger partial charge in [-0.05, 0) is 82.9 Å². The van der Waals surface area contributed by atoms with Gasteiger partial charge in [-0.3, -0.25) is 4.57 Å². The van der Waals surface area contributed by atoms with Crippen LogP contribution in [0.1, 0.15) is 23.5 Å². The van der Waals surface area contributed by atoms with E-state index in [0.717, 1.165) is 44.6 Å². The van der Waals surface area contributed by atoms with Crippen molar-refractivity contribution in [1.82, 2.24) is 9.47 Å². The number of anilines is 4. The minimum absolute atomic E-state index is 0.0460. The van der Waals surface area contributed by atoms with E-state index in [2.05, 4.69) is 153 Å². The molecule has 11 heteroatoms. The van der Waals surface area contributed by atoms with E-state index in [1.807, 2.05) is 4.90 Å². The van der Waals surface area contributed by atoms with Crippen molar-refractivity contribution in [2.45, 2.75) is 12.3 Å². The Kier molecular flexibility index (Phi) is 7.27. The molecule has 4 heterocycles. The topological polar surface area (TPSA) is 90.8 Å². The Hall–Kier alpha value is -6.36. The number of guanidine groups is 1. The number of aliphatic imine (C=N–C) groups is 4. The van der Waals surface area contributed by atoms with E-state index in [4.69, 9.17) is 20.0 Å². The molecule has 11 nitrogen and oxygen atoms in total. The van der Waals surface area contributed by atoms with Crippen molar-refractivity contribution < 1.29 is 5.11 Å². The van der Waals surface area contributed by atoms with E-state index in [1.54, 1.807) is 12.2 Å². The van der Waals surface area contributed by atoms with E-state index < -0.39 is 0 Å². The lowest BCUT2D eigenvalue weighted by molar-refractivity contribution is 0.427. The summed E-state index contributed by atoms with van der Waals surface area (Å²) in [6, 6.07) is 26.3. The zero-order chi connectivity index (χ0) is 36.9. The smallest absolute Gasteiger partial charge is 0.242 e. The Morgan fingerprint density at radius 2 is 1.08 bits per heavy atom. The van der Waals surface area contributed by atoms with Crippen LogP contribution in [0.15, 0.2) is 116 Å². The fraction of sp³-hybridized carbons (Fsp3) is 0.238. The zero-order valence-corrected chi connectivity index (χ0v) is 31.3. The summed E-state index contributed by atoms with van der Waals surface area (Å²) in [4.78, 5) is 30.6. The summed E-state index contributed by atoms with van der Waals surface area (Å²) in [6.45, 7) is 0. The highest BCUT2D eigenvalue weighted by atomic mass is 16.3. The molecule has 1 N–H and O–H groups in total. The lowest BCUT2D eigenvalue weighted by atomic mass is 9.92. The maximum Gasteiger partial charge on any atom is 0.242 e. The third-order valence-electron chi connectivity index (χ3n) is 10.6. The van der Waals surface area contributed by atoms with Crippen LogP contribution in [-0.4, -0.2) is 94.5 Å². The minimum atomic E-state index is 0.0460. The van der Waals surface area contributed by atoms with Gasteiger partial charge in [-0.25, -0.2) is 9.89 Å². The number of amidine groups is 2. The molecule has 4 aliphatic rings. The maximum atomic E-state index is 11.0. The number of rotatable bonds is 6. The van der Waals surface area contributed by atoms with Crippen molar-refractivity contribution in [3.05, 3.63) is 108 Å². The molecule has 4 aromatic carbocycles. The molecule has 1 aromatic heterocycles. The summed E-state index contributed by atoms with van der Waals surface area (Å²) in [5.74, 6) is 2.78. The van der Waals surface area contributed by atoms with Gasteiger partial charge in [0.25, 0.3) is 0 Å². The van der Waals surface area contributed by atoms with Crippen molar-refractivity contribution in [2.75, 3.05) is 76.0 Å². The Morgan fingerprint density at radius 1 is 0.566 bits per heavy atom. The summed E-state index contributed by atoms with van der Waals surface area (Å²) < 4.78 is 2.10. The molecule has 0 radical (unpaired) electrons. The predicted octanol–water partition coefficient (Wildman–Crippen LogP) is 7.24. The van der Waals surface area contributed by atoms with Crippen molar-refractivity contribution in [1.29, 1.82) is 0 Å². The van der Waals surface area contributed by atoms with E-state index in [9.17, 15) is 5.11 Å². The van der Waals surface area contributed by atoms with Crippen LogP contribution in [0.3, 0.4) is 0 Å². The Balaban J connectivity index is 1.18. The molecule has 0 saturated carbocycles. The van der Waals surface area contributed by atoms with Gasteiger partial charge in [0.15, 0.2) is 0 Å². The molecule has 0 fully saturated rings. The summed E-state index contributed by atoms with van der Waals surface area (Å²) in [7, 11) is 16.5.